The first-order valence-corrected chi connectivity index (χ1v) is 3.85. The molecule has 0 aromatic carbocycles. The van der Waals surface area contributed by atoms with E-state index in [4.69, 9.17) is 5.73 Å². The van der Waals surface area contributed by atoms with E-state index in [9.17, 15) is 0 Å². The average Bonchev–Trinajstić information content (AvgIpc) is 2.52. The predicted molar refractivity (Wildman–Crippen MR) is 48.3 cm³/mol. The van der Waals surface area contributed by atoms with E-state index in [-0.39, 0.29) is 0 Å². The maximum atomic E-state index is 5.73. The Morgan fingerprint density at radius 2 is 2.31 bits per heavy atom. The zero-order valence-electron chi connectivity index (χ0n) is 7.18. The van der Waals surface area contributed by atoms with Crippen LogP contribution in [0.25, 0.3) is 5.69 Å². The lowest BCUT2D eigenvalue weighted by Crippen LogP contribution is -2.03. The Labute approximate surface area is 75.2 Å². The molecule has 13 heavy (non-hydrogen) atoms. The van der Waals surface area contributed by atoms with Gasteiger partial charge in [-0.2, -0.15) is 5.10 Å². The van der Waals surface area contributed by atoms with Crippen molar-refractivity contribution >= 4 is 5.69 Å². The molecule has 0 fully saturated rings. The molecular weight excluding hydrogens is 166 g/mol. The van der Waals surface area contributed by atoms with Gasteiger partial charge in [-0.3, -0.25) is 4.98 Å². The Kier molecular flexibility index (Phi) is 1.70. The van der Waals surface area contributed by atoms with Crippen LogP contribution in [0.5, 0.6) is 0 Å². The SMILES string of the molecule is Cc1ncnn1-c1ccncc1N. The molecule has 0 unspecified atom stereocenters. The summed E-state index contributed by atoms with van der Waals surface area (Å²) in [5, 5.41) is 4.04. The van der Waals surface area contributed by atoms with Gasteiger partial charge in [-0.25, -0.2) is 9.67 Å². The predicted octanol–water partition coefficient (Wildman–Crippen LogP) is 0.553. The zero-order chi connectivity index (χ0) is 9.26. The van der Waals surface area contributed by atoms with Crippen LogP contribution in [0.3, 0.4) is 0 Å². The number of nitrogen functional groups attached to an aromatic ring is 1. The second-order valence-electron chi connectivity index (χ2n) is 2.65. The molecule has 0 aliphatic rings. The molecule has 2 rings (SSSR count). The first kappa shape index (κ1) is 7.72. The van der Waals surface area contributed by atoms with E-state index < -0.39 is 0 Å². The second kappa shape index (κ2) is 2.85. The van der Waals surface area contributed by atoms with Gasteiger partial charge in [-0.05, 0) is 13.0 Å². The van der Waals surface area contributed by atoms with E-state index in [1.54, 1.807) is 23.1 Å². The number of rotatable bonds is 1. The van der Waals surface area contributed by atoms with Gasteiger partial charge >= 0.3 is 0 Å². The minimum absolute atomic E-state index is 0.594. The number of aromatic nitrogens is 4. The first-order valence-electron chi connectivity index (χ1n) is 3.85. The van der Waals surface area contributed by atoms with Crippen LogP contribution < -0.4 is 5.73 Å². The van der Waals surface area contributed by atoms with Gasteiger partial charge in [0.25, 0.3) is 0 Å². The summed E-state index contributed by atoms with van der Waals surface area (Å²) in [6, 6.07) is 1.80. The molecule has 0 atom stereocenters. The fourth-order valence-corrected chi connectivity index (χ4v) is 1.13. The maximum absolute atomic E-state index is 5.73. The minimum Gasteiger partial charge on any atom is -0.396 e. The summed E-state index contributed by atoms with van der Waals surface area (Å²) in [6.45, 7) is 1.87. The normalized spacial score (nSPS) is 10.2. The van der Waals surface area contributed by atoms with Crippen molar-refractivity contribution in [3.63, 3.8) is 0 Å². The highest BCUT2D eigenvalue weighted by Gasteiger charge is 2.04. The zero-order valence-corrected chi connectivity index (χ0v) is 7.18. The molecule has 2 aromatic heterocycles. The van der Waals surface area contributed by atoms with Crippen LogP contribution in [-0.2, 0) is 0 Å². The van der Waals surface area contributed by atoms with Gasteiger partial charge in [0.15, 0.2) is 0 Å². The van der Waals surface area contributed by atoms with Gasteiger partial charge < -0.3 is 5.73 Å². The Hall–Kier alpha value is -1.91. The quantitative estimate of drug-likeness (QED) is 0.687. The van der Waals surface area contributed by atoms with Gasteiger partial charge in [-0.15, -0.1) is 0 Å². The lowest BCUT2D eigenvalue weighted by Gasteiger charge is -2.04. The van der Waals surface area contributed by atoms with Gasteiger partial charge in [0.1, 0.15) is 12.2 Å². The molecule has 0 bridgehead atoms. The number of anilines is 1. The van der Waals surface area contributed by atoms with E-state index in [1.165, 1.54) is 6.33 Å². The summed E-state index contributed by atoms with van der Waals surface area (Å²) in [6.07, 6.45) is 4.76. The number of hydrogen-bond donors (Lipinski definition) is 1. The second-order valence-corrected chi connectivity index (χ2v) is 2.65. The number of aryl methyl sites for hydroxylation is 1. The summed E-state index contributed by atoms with van der Waals surface area (Å²) in [4.78, 5) is 7.91. The third-order valence-electron chi connectivity index (χ3n) is 1.77. The summed E-state index contributed by atoms with van der Waals surface area (Å²) in [5.41, 5.74) is 7.13. The molecule has 0 radical (unpaired) electrons. The number of nitrogens with two attached hydrogens (primary N) is 1. The molecule has 2 N–H and O–H groups in total. The minimum atomic E-state index is 0.594. The summed E-state index contributed by atoms with van der Waals surface area (Å²) in [7, 11) is 0. The van der Waals surface area contributed by atoms with Gasteiger partial charge in [0, 0.05) is 6.20 Å². The standard InChI is InChI=1S/C8H9N5/c1-6-11-5-12-13(6)8-2-3-10-4-7(8)9/h2-5H,9H2,1H3. The highest BCUT2D eigenvalue weighted by atomic mass is 15.3. The molecule has 0 saturated heterocycles. The fraction of sp³-hybridized carbons (Fsp3) is 0.125. The molecule has 5 heteroatoms. The highest BCUT2D eigenvalue weighted by molar-refractivity contribution is 5.55. The molecule has 66 valence electrons. The Morgan fingerprint density at radius 1 is 1.46 bits per heavy atom. The van der Waals surface area contributed by atoms with Crippen LogP contribution in [0.2, 0.25) is 0 Å². The maximum Gasteiger partial charge on any atom is 0.138 e. The number of hydrogen-bond acceptors (Lipinski definition) is 4. The molecular formula is C8H9N5. The van der Waals surface area contributed by atoms with Crippen LogP contribution in [0.1, 0.15) is 5.82 Å². The molecule has 2 heterocycles. The number of nitrogens with zero attached hydrogens (tertiary/aromatic N) is 4. The summed E-state index contributed by atoms with van der Waals surface area (Å²) < 4.78 is 1.68. The fourth-order valence-electron chi connectivity index (χ4n) is 1.13. The van der Waals surface area contributed by atoms with Crippen LogP contribution in [0, 0.1) is 6.92 Å². The lowest BCUT2D eigenvalue weighted by molar-refractivity contribution is 0.840. The molecule has 0 aliphatic heterocycles. The van der Waals surface area contributed by atoms with E-state index in [0.29, 0.717) is 5.69 Å². The Bertz CT molecular complexity index is 420. The van der Waals surface area contributed by atoms with Crippen LogP contribution >= 0.6 is 0 Å². The van der Waals surface area contributed by atoms with Crippen LogP contribution in [0.15, 0.2) is 24.8 Å². The van der Waals surface area contributed by atoms with E-state index in [0.717, 1.165) is 11.5 Å². The molecule has 0 aliphatic carbocycles. The van der Waals surface area contributed by atoms with Crippen molar-refractivity contribution < 1.29 is 0 Å². The van der Waals surface area contributed by atoms with Crippen molar-refractivity contribution in [3.05, 3.63) is 30.6 Å². The molecule has 0 spiro atoms. The molecule has 5 nitrogen and oxygen atoms in total. The Balaban J connectivity index is 2.59. The van der Waals surface area contributed by atoms with Crippen molar-refractivity contribution in [1.82, 2.24) is 19.7 Å². The topological polar surface area (TPSA) is 69.6 Å². The van der Waals surface area contributed by atoms with Crippen LogP contribution in [0.4, 0.5) is 5.69 Å². The molecule has 0 saturated carbocycles. The van der Waals surface area contributed by atoms with E-state index in [1.807, 2.05) is 6.92 Å². The third kappa shape index (κ3) is 1.24. The monoisotopic (exact) mass is 175 g/mol. The highest BCUT2D eigenvalue weighted by Crippen LogP contribution is 2.14. The Morgan fingerprint density at radius 3 is 2.92 bits per heavy atom. The van der Waals surface area contributed by atoms with Gasteiger partial charge in [0.05, 0.1) is 17.6 Å². The molecule has 0 amide bonds. The largest absolute Gasteiger partial charge is 0.396 e. The van der Waals surface area contributed by atoms with Crippen molar-refractivity contribution in [2.75, 3.05) is 5.73 Å². The summed E-state index contributed by atoms with van der Waals surface area (Å²) in [5.74, 6) is 0.804. The average molecular weight is 175 g/mol. The number of pyridine rings is 1. The van der Waals surface area contributed by atoms with E-state index in [2.05, 4.69) is 15.1 Å². The van der Waals surface area contributed by atoms with E-state index >= 15 is 0 Å². The van der Waals surface area contributed by atoms with Crippen molar-refractivity contribution in [1.29, 1.82) is 0 Å². The lowest BCUT2D eigenvalue weighted by atomic mass is 10.3. The van der Waals surface area contributed by atoms with Crippen molar-refractivity contribution in [3.8, 4) is 5.69 Å². The van der Waals surface area contributed by atoms with Crippen LogP contribution in [-0.4, -0.2) is 19.7 Å². The first-order chi connectivity index (χ1) is 6.29. The third-order valence-corrected chi connectivity index (χ3v) is 1.77. The van der Waals surface area contributed by atoms with Crippen molar-refractivity contribution in [2.24, 2.45) is 0 Å². The van der Waals surface area contributed by atoms with Gasteiger partial charge in [-0.1, -0.05) is 0 Å². The molecule has 2 aromatic rings. The summed E-state index contributed by atoms with van der Waals surface area (Å²) >= 11 is 0. The van der Waals surface area contributed by atoms with Crippen molar-refractivity contribution in [2.45, 2.75) is 6.92 Å². The smallest absolute Gasteiger partial charge is 0.138 e. The van der Waals surface area contributed by atoms with Gasteiger partial charge in [0.2, 0.25) is 0 Å².